The number of fused-ring (bicyclic) bond motifs is 1. The third kappa shape index (κ3) is 19.7. The zero-order chi connectivity index (χ0) is 54.2. The third-order valence-electron chi connectivity index (χ3n) is 11.9. The minimum atomic E-state index is -1.55. The fraction of sp³-hybridized carbons (Fsp3) is 0.479. The van der Waals surface area contributed by atoms with Crippen molar-refractivity contribution in [2.24, 2.45) is 38.7 Å². The highest BCUT2D eigenvalue weighted by Crippen LogP contribution is 2.20. The molecule has 26 heteroatoms. The van der Waals surface area contributed by atoms with Crippen molar-refractivity contribution in [1.29, 1.82) is 0 Å². The number of amides is 8. The summed E-state index contributed by atoms with van der Waals surface area (Å²) in [6, 6.07) is 6.12. The molecule has 7 atom stereocenters. The Morgan fingerprint density at radius 2 is 1.30 bits per heavy atom. The van der Waals surface area contributed by atoms with Gasteiger partial charge >= 0.3 is 5.97 Å². The molecule has 0 bridgehead atoms. The largest absolute Gasteiger partial charge is 0.480 e. The number of aliphatic imine (C=N–C) groups is 2. The smallest absolute Gasteiger partial charge is 0.326 e. The van der Waals surface area contributed by atoms with Gasteiger partial charge in [-0.05, 0) is 75.1 Å². The lowest BCUT2D eigenvalue weighted by Crippen LogP contribution is -2.60. The molecule has 4 rings (SSSR count). The Balaban J connectivity index is 1.75. The van der Waals surface area contributed by atoms with E-state index in [0.29, 0.717) is 11.1 Å². The van der Waals surface area contributed by atoms with Gasteiger partial charge in [0.15, 0.2) is 11.9 Å². The summed E-state index contributed by atoms with van der Waals surface area (Å²) in [4.78, 5) is 134. The maximum Gasteiger partial charge on any atom is 0.326 e. The van der Waals surface area contributed by atoms with Gasteiger partial charge in [0.2, 0.25) is 47.3 Å². The molecule has 1 aliphatic heterocycles. The van der Waals surface area contributed by atoms with Crippen molar-refractivity contribution in [3.63, 3.8) is 0 Å². The molecule has 8 amide bonds. The summed E-state index contributed by atoms with van der Waals surface area (Å²) >= 11 is 0. The number of aliphatic carboxylic acids is 1. The van der Waals surface area contributed by atoms with E-state index >= 15 is 0 Å². The molecule has 1 saturated heterocycles. The lowest BCUT2D eigenvalue weighted by molar-refractivity contribution is -0.142. The van der Waals surface area contributed by atoms with Crippen LogP contribution in [-0.2, 0) is 56.0 Å². The molecule has 2 aromatic carbocycles. The van der Waals surface area contributed by atoms with E-state index < -0.39 is 95.5 Å². The van der Waals surface area contributed by atoms with Crippen LogP contribution >= 0.6 is 0 Å². The second kappa shape index (κ2) is 29.9. The fourth-order valence-corrected chi connectivity index (χ4v) is 8.09. The predicted octanol–water partition coefficient (Wildman–Crippen LogP) is -3.40. The summed E-state index contributed by atoms with van der Waals surface area (Å²) in [5.74, 6) is -7.98. The van der Waals surface area contributed by atoms with E-state index in [1.165, 1.54) is 6.92 Å². The molecule has 0 aliphatic carbocycles. The average molecular weight is 1030 g/mol. The average Bonchev–Trinajstić information content (AvgIpc) is 3.76. The van der Waals surface area contributed by atoms with Crippen molar-refractivity contribution in [2.75, 3.05) is 26.2 Å². The standard InChI is InChI=1S/C48H70N16O10/c1-27(65)58-32(15-8-21-55-47(50)51)40(67)59-33-14-7-17-39(66)54-23-19-36(46(73)74)62-45(72)38(25-29-26-57-31-13-6-5-12-30(29)31)64-42(69)34(16-9-22-56-48(52)53)60-44(71)37(24-28-10-3-2-4-11-28)63-43(70)35(18-20-49)61-41(33)68/h2-6,10-13,26,32-38,57H,7-9,14-25,49H2,1H3,(H,54,66)(H,58,65)(H,59,67)(H,60,71)(H,61,68)(H,62,72)(H,63,70)(H,64,69)(H,73,74)(H4,50,51,55)(H4,52,53,56)/t32-,33-,34-,35-,36-,37+,38-/m0/s1. The Labute approximate surface area is 427 Å². The van der Waals surface area contributed by atoms with E-state index in [2.05, 4.69) is 57.5 Å². The number of aromatic amines is 1. The van der Waals surface area contributed by atoms with Crippen molar-refractivity contribution < 1.29 is 48.3 Å². The number of nitrogens with one attached hydrogen (secondary N) is 9. The van der Waals surface area contributed by atoms with Crippen LogP contribution in [0.4, 0.5) is 0 Å². The summed E-state index contributed by atoms with van der Waals surface area (Å²) in [5, 5.41) is 32.0. The van der Waals surface area contributed by atoms with Gasteiger partial charge in [0, 0.05) is 62.9 Å². The molecule has 20 N–H and O–H groups in total. The maximum absolute atomic E-state index is 14.5. The molecule has 1 fully saturated rings. The first-order valence-electron chi connectivity index (χ1n) is 24.3. The molecule has 1 aliphatic rings. The van der Waals surface area contributed by atoms with E-state index in [1.807, 2.05) is 6.07 Å². The van der Waals surface area contributed by atoms with Crippen LogP contribution in [-0.4, -0.2) is 144 Å². The molecule has 74 heavy (non-hydrogen) atoms. The Hall–Kier alpha value is -8.29. The predicted molar refractivity (Wildman–Crippen MR) is 274 cm³/mol. The molecular weight excluding hydrogens is 961 g/mol. The van der Waals surface area contributed by atoms with Crippen molar-refractivity contribution in [3.8, 4) is 0 Å². The number of carboxylic acids is 1. The van der Waals surface area contributed by atoms with Crippen LogP contribution in [0.5, 0.6) is 0 Å². The van der Waals surface area contributed by atoms with Crippen LogP contribution in [0.15, 0.2) is 70.8 Å². The Morgan fingerprint density at radius 1 is 0.716 bits per heavy atom. The van der Waals surface area contributed by atoms with Crippen molar-refractivity contribution in [1.82, 2.24) is 47.5 Å². The molecule has 0 radical (unpaired) electrons. The van der Waals surface area contributed by atoms with Gasteiger partial charge in [-0.3, -0.25) is 48.3 Å². The summed E-state index contributed by atoms with van der Waals surface area (Å²) in [6.07, 6.45) is 0.949. The van der Waals surface area contributed by atoms with Crippen molar-refractivity contribution >= 4 is 76.0 Å². The number of H-pyrrole nitrogens is 1. The number of benzene rings is 2. The van der Waals surface area contributed by atoms with E-state index in [-0.39, 0.29) is 109 Å². The number of para-hydroxylation sites is 1. The number of aromatic nitrogens is 1. The first kappa shape index (κ1) is 58.3. The Morgan fingerprint density at radius 3 is 1.95 bits per heavy atom. The lowest BCUT2D eigenvalue weighted by atomic mass is 10.0. The molecule has 3 aromatic rings. The van der Waals surface area contributed by atoms with E-state index in [4.69, 9.17) is 28.7 Å². The van der Waals surface area contributed by atoms with Crippen LogP contribution in [0.2, 0.25) is 0 Å². The first-order chi connectivity index (χ1) is 35.3. The molecule has 0 spiro atoms. The SMILES string of the molecule is CC(=O)N[C@@H](CCCN=C(N)N)C(=O)N[C@H]1CCCC(=O)NCC[C@@H](C(=O)O)NC(=O)[C@H](Cc2c[nH]c3ccccc23)NC(=O)[C@H](CCCN=C(N)N)NC(=O)[C@@H](Cc2ccccc2)NC(=O)[C@H](CCN)NC1=O. The quantitative estimate of drug-likeness (QED) is 0.0336. The maximum atomic E-state index is 14.5. The second-order valence-electron chi connectivity index (χ2n) is 17.7. The zero-order valence-electron chi connectivity index (χ0n) is 41.3. The lowest BCUT2D eigenvalue weighted by Gasteiger charge is -2.28. The number of carboxylic acid groups (broad SMARTS) is 1. The summed E-state index contributed by atoms with van der Waals surface area (Å²) in [6.45, 7) is 1.02. The monoisotopic (exact) mass is 1030 g/mol. The summed E-state index contributed by atoms with van der Waals surface area (Å²) in [5.41, 5.74) is 29.8. The Kier molecular flexibility index (Phi) is 23.6. The summed E-state index contributed by atoms with van der Waals surface area (Å²) in [7, 11) is 0. The minimum Gasteiger partial charge on any atom is -0.480 e. The van der Waals surface area contributed by atoms with Crippen molar-refractivity contribution in [2.45, 2.75) is 120 Å². The van der Waals surface area contributed by atoms with Crippen LogP contribution < -0.4 is 71.2 Å². The number of hydrogen-bond acceptors (Lipinski definition) is 12. The molecule has 26 nitrogen and oxygen atoms in total. The zero-order valence-corrected chi connectivity index (χ0v) is 41.3. The van der Waals surface area contributed by atoms with Crippen molar-refractivity contribution in [3.05, 3.63) is 71.9 Å². The van der Waals surface area contributed by atoms with Gasteiger partial charge in [0.1, 0.15) is 42.3 Å². The number of hydrogen-bond donors (Lipinski definition) is 15. The van der Waals surface area contributed by atoms with Gasteiger partial charge in [-0.15, -0.1) is 0 Å². The molecule has 0 unspecified atom stereocenters. The van der Waals surface area contributed by atoms with E-state index in [1.54, 1.807) is 54.7 Å². The van der Waals surface area contributed by atoms with Crippen LogP contribution in [0, 0.1) is 0 Å². The van der Waals surface area contributed by atoms with Gasteiger partial charge in [0.25, 0.3) is 0 Å². The highest BCUT2D eigenvalue weighted by atomic mass is 16.4. The van der Waals surface area contributed by atoms with E-state index in [0.717, 1.165) is 10.9 Å². The fourth-order valence-electron chi connectivity index (χ4n) is 8.09. The normalized spacial score (nSPS) is 21.2. The summed E-state index contributed by atoms with van der Waals surface area (Å²) < 4.78 is 0. The number of carbonyl (C=O) groups is 9. The Bertz CT molecular complexity index is 2480. The van der Waals surface area contributed by atoms with Gasteiger partial charge < -0.3 is 81.3 Å². The van der Waals surface area contributed by atoms with Crippen LogP contribution in [0.25, 0.3) is 10.9 Å². The van der Waals surface area contributed by atoms with Gasteiger partial charge in [-0.1, -0.05) is 48.5 Å². The topological polar surface area (TPSA) is 441 Å². The second-order valence-corrected chi connectivity index (χ2v) is 17.7. The molecular formula is C48H70N16O10. The number of nitrogens with two attached hydrogens (primary N) is 5. The third-order valence-corrected chi connectivity index (χ3v) is 11.9. The minimum absolute atomic E-state index is 0.0198. The highest BCUT2D eigenvalue weighted by Gasteiger charge is 2.35. The van der Waals surface area contributed by atoms with Gasteiger partial charge in [-0.25, -0.2) is 4.79 Å². The van der Waals surface area contributed by atoms with Crippen LogP contribution in [0.3, 0.4) is 0 Å². The number of carbonyl (C=O) groups excluding carboxylic acids is 8. The van der Waals surface area contributed by atoms with Gasteiger partial charge in [0.05, 0.1) is 0 Å². The van der Waals surface area contributed by atoms with E-state index in [9.17, 15) is 48.3 Å². The van der Waals surface area contributed by atoms with Crippen LogP contribution in [0.1, 0.15) is 75.8 Å². The first-order valence-corrected chi connectivity index (χ1v) is 24.3. The number of nitrogens with zero attached hydrogens (tertiary/aromatic N) is 2. The van der Waals surface area contributed by atoms with Gasteiger partial charge in [-0.2, -0.15) is 0 Å². The highest BCUT2D eigenvalue weighted by molar-refractivity contribution is 5.98. The molecule has 402 valence electrons. The molecule has 1 aromatic heterocycles. The molecule has 2 heterocycles. The number of guanidine groups is 2. The number of rotatable bonds is 18. The molecule has 0 saturated carbocycles.